The van der Waals surface area contributed by atoms with Crippen molar-refractivity contribution >= 4 is 33.9 Å². The molecule has 5 aromatic rings. The summed E-state index contributed by atoms with van der Waals surface area (Å²) in [5.41, 5.74) is 2.23. The van der Waals surface area contributed by atoms with E-state index in [2.05, 4.69) is 15.5 Å². The van der Waals surface area contributed by atoms with E-state index in [1.807, 2.05) is 66.0 Å². The van der Waals surface area contributed by atoms with E-state index in [4.69, 9.17) is 8.94 Å². The van der Waals surface area contributed by atoms with E-state index >= 15 is 0 Å². The van der Waals surface area contributed by atoms with Gasteiger partial charge in [-0.25, -0.2) is 0 Å². The number of amides is 1. The molecule has 0 bridgehead atoms. The topological polar surface area (TPSA) is 81.2 Å². The molecule has 3 heterocycles. The molecule has 6 nitrogen and oxygen atoms in total. The van der Waals surface area contributed by atoms with Crippen LogP contribution in [0.3, 0.4) is 0 Å². The third-order valence-electron chi connectivity index (χ3n) is 4.47. The number of furan rings is 1. The lowest BCUT2D eigenvalue weighted by molar-refractivity contribution is 0.0998. The minimum Gasteiger partial charge on any atom is -0.451 e. The molecule has 0 radical (unpaired) electrons. The van der Waals surface area contributed by atoms with Crippen LogP contribution in [-0.4, -0.2) is 16.0 Å². The molecule has 0 atom stereocenters. The molecule has 0 spiro atoms. The van der Waals surface area contributed by atoms with Gasteiger partial charge in [0, 0.05) is 11.1 Å². The van der Waals surface area contributed by atoms with Crippen molar-refractivity contribution in [2.45, 2.75) is 6.42 Å². The summed E-state index contributed by atoms with van der Waals surface area (Å²) in [5.74, 6) is 1.01. The predicted molar refractivity (Wildman–Crippen MR) is 111 cm³/mol. The Morgan fingerprint density at radius 2 is 1.90 bits per heavy atom. The van der Waals surface area contributed by atoms with Crippen LogP contribution in [-0.2, 0) is 6.42 Å². The first kappa shape index (κ1) is 17.4. The van der Waals surface area contributed by atoms with Crippen molar-refractivity contribution in [1.82, 2.24) is 10.1 Å². The van der Waals surface area contributed by atoms with Crippen LogP contribution in [0.15, 0.2) is 81.1 Å². The first-order valence-electron chi connectivity index (χ1n) is 9.00. The van der Waals surface area contributed by atoms with Crippen LogP contribution in [0.1, 0.15) is 22.0 Å². The van der Waals surface area contributed by atoms with Crippen LogP contribution in [0.2, 0.25) is 0 Å². The molecule has 1 N–H and O–H groups in total. The van der Waals surface area contributed by atoms with Gasteiger partial charge in [0.15, 0.2) is 5.76 Å². The molecule has 1 amide bonds. The summed E-state index contributed by atoms with van der Waals surface area (Å²) in [4.78, 5) is 18.1. The Bertz CT molecular complexity index is 1250. The van der Waals surface area contributed by atoms with Crippen molar-refractivity contribution in [1.29, 1.82) is 0 Å². The van der Waals surface area contributed by atoms with Gasteiger partial charge in [-0.15, -0.1) is 11.3 Å². The lowest BCUT2D eigenvalue weighted by Crippen LogP contribution is -2.12. The number of hydrogen-bond donors (Lipinski definition) is 1. The number of anilines is 1. The molecular weight excluding hydrogens is 386 g/mol. The minimum atomic E-state index is -0.307. The Balaban J connectivity index is 1.37. The number of carbonyl (C=O) groups excluding carboxylic acids is 1. The van der Waals surface area contributed by atoms with Crippen LogP contribution in [0.25, 0.3) is 21.7 Å². The maximum atomic E-state index is 12.7. The molecule has 0 unspecified atom stereocenters. The zero-order valence-electron chi connectivity index (χ0n) is 15.2. The van der Waals surface area contributed by atoms with Gasteiger partial charge in [-0.1, -0.05) is 47.6 Å². The molecule has 0 aliphatic heterocycles. The van der Waals surface area contributed by atoms with Crippen molar-refractivity contribution in [2.24, 2.45) is 0 Å². The SMILES string of the molecule is O=C(Nc1ccccc1Cc1nc(-c2cccs2)no1)c1cc2ccccc2o1. The molecule has 7 heteroatoms. The van der Waals surface area contributed by atoms with Crippen LogP contribution in [0.5, 0.6) is 0 Å². The Morgan fingerprint density at radius 3 is 2.76 bits per heavy atom. The molecular formula is C22H15N3O3S. The molecule has 142 valence electrons. The van der Waals surface area contributed by atoms with Crippen LogP contribution >= 0.6 is 11.3 Å². The Kier molecular flexibility index (Phi) is 4.42. The van der Waals surface area contributed by atoms with Crippen molar-refractivity contribution in [3.63, 3.8) is 0 Å². The summed E-state index contributed by atoms with van der Waals surface area (Å²) in [5, 5.41) is 9.81. The highest BCUT2D eigenvalue weighted by Crippen LogP contribution is 2.25. The van der Waals surface area contributed by atoms with Gasteiger partial charge in [0.1, 0.15) is 5.58 Å². The minimum absolute atomic E-state index is 0.263. The average Bonchev–Trinajstić information content (AvgIpc) is 3.49. The van der Waals surface area contributed by atoms with E-state index in [-0.39, 0.29) is 11.7 Å². The predicted octanol–water partition coefficient (Wildman–Crippen LogP) is 5.39. The number of thiophene rings is 1. The standard InChI is InChI=1S/C22H15N3O3S/c26-22(18-12-15-7-2-4-9-17(15)27-18)23-16-8-3-1-6-14(16)13-20-24-21(25-28-20)19-10-5-11-29-19/h1-12H,13H2,(H,23,26). The van der Waals surface area contributed by atoms with Gasteiger partial charge in [0.25, 0.3) is 5.91 Å². The second-order valence-electron chi connectivity index (χ2n) is 6.43. The number of fused-ring (bicyclic) bond motifs is 1. The number of nitrogens with one attached hydrogen (secondary N) is 1. The van der Waals surface area contributed by atoms with Crippen molar-refractivity contribution in [2.75, 3.05) is 5.32 Å². The van der Waals surface area contributed by atoms with Gasteiger partial charge in [-0.3, -0.25) is 4.79 Å². The number of carbonyl (C=O) groups is 1. The molecule has 0 aliphatic carbocycles. The molecule has 0 aliphatic rings. The number of nitrogens with zero attached hydrogens (tertiary/aromatic N) is 2. The van der Waals surface area contributed by atoms with Crippen molar-refractivity contribution in [3.05, 3.63) is 89.3 Å². The highest BCUT2D eigenvalue weighted by molar-refractivity contribution is 7.13. The quantitative estimate of drug-likeness (QED) is 0.427. The van der Waals surface area contributed by atoms with Gasteiger partial charge < -0.3 is 14.3 Å². The first-order chi connectivity index (χ1) is 14.3. The molecule has 0 fully saturated rings. The third-order valence-corrected chi connectivity index (χ3v) is 5.33. The summed E-state index contributed by atoms with van der Waals surface area (Å²) in [6, 6.07) is 20.7. The fourth-order valence-electron chi connectivity index (χ4n) is 3.07. The van der Waals surface area contributed by atoms with Crippen molar-refractivity contribution in [3.8, 4) is 10.7 Å². The van der Waals surface area contributed by atoms with E-state index < -0.39 is 0 Å². The summed E-state index contributed by atoms with van der Waals surface area (Å²) >= 11 is 1.55. The summed E-state index contributed by atoms with van der Waals surface area (Å²) in [6.45, 7) is 0. The average molecular weight is 401 g/mol. The zero-order chi connectivity index (χ0) is 19.6. The lowest BCUT2D eigenvalue weighted by atomic mass is 10.1. The molecule has 2 aromatic carbocycles. The Hall–Kier alpha value is -3.71. The lowest BCUT2D eigenvalue weighted by Gasteiger charge is -2.08. The molecule has 29 heavy (non-hydrogen) atoms. The Morgan fingerprint density at radius 1 is 1.03 bits per heavy atom. The number of hydrogen-bond acceptors (Lipinski definition) is 6. The summed E-state index contributed by atoms with van der Waals surface area (Å²) in [6.07, 6.45) is 0.412. The van der Waals surface area contributed by atoms with Gasteiger partial charge in [-0.2, -0.15) is 4.98 Å². The third kappa shape index (κ3) is 3.55. The van der Waals surface area contributed by atoms with Crippen LogP contribution < -0.4 is 5.32 Å². The number of benzene rings is 2. The highest BCUT2D eigenvalue weighted by Gasteiger charge is 2.16. The van der Waals surface area contributed by atoms with Gasteiger partial charge in [0.2, 0.25) is 11.7 Å². The van der Waals surface area contributed by atoms with Crippen molar-refractivity contribution < 1.29 is 13.7 Å². The van der Waals surface area contributed by atoms with Gasteiger partial charge in [0.05, 0.1) is 11.3 Å². The maximum absolute atomic E-state index is 12.7. The van der Waals surface area contributed by atoms with E-state index in [0.717, 1.165) is 15.8 Å². The maximum Gasteiger partial charge on any atom is 0.291 e. The van der Waals surface area contributed by atoms with E-state index in [9.17, 15) is 4.79 Å². The van der Waals surface area contributed by atoms with E-state index in [0.29, 0.717) is 29.4 Å². The molecule has 3 aromatic heterocycles. The van der Waals surface area contributed by atoms with Crippen LogP contribution in [0, 0.1) is 0 Å². The molecule has 5 rings (SSSR count). The Labute approximate surface area is 169 Å². The second-order valence-corrected chi connectivity index (χ2v) is 7.37. The number of para-hydroxylation sites is 2. The summed E-state index contributed by atoms with van der Waals surface area (Å²) < 4.78 is 11.0. The smallest absolute Gasteiger partial charge is 0.291 e. The fraction of sp³-hybridized carbons (Fsp3) is 0.0455. The molecule has 0 saturated heterocycles. The fourth-order valence-corrected chi connectivity index (χ4v) is 3.72. The van der Waals surface area contributed by atoms with E-state index in [1.54, 1.807) is 17.4 Å². The normalized spacial score (nSPS) is 11.0. The van der Waals surface area contributed by atoms with Gasteiger partial charge in [-0.05, 0) is 35.2 Å². The number of rotatable bonds is 5. The monoisotopic (exact) mass is 401 g/mol. The first-order valence-corrected chi connectivity index (χ1v) is 9.88. The molecule has 0 saturated carbocycles. The van der Waals surface area contributed by atoms with Gasteiger partial charge >= 0.3 is 0 Å². The second kappa shape index (κ2) is 7.37. The van der Waals surface area contributed by atoms with E-state index in [1.165, 1.54) is 0 Å². The zero-order valence-corrected chi connectivity index (χ0v) is 16.0. The highest BCUT2D eigenvalue weighted by atomic mass is 32.1. The summed E-state index contributed by atoms with van der Waals surface area (Å²) in [7, 11) is 0. The largest absolute Gasteiger partial charge is 0.451 e. The number of aromatic nitrogens is 2. The van der Waals surface area contributed by atoms with Crippen LogP contribution in [0.4, 0.5) is 5.69 Å².